The van der Waals surface area contributed by atoms with Crippen LogP contribution < -0.4 is 10.1 Å². The molecule has 1 aromatic heterocycles. The van der Waals surface area contributed by atoms with Gasteiger partial charge in [0.15, 0.2) is 0 Å². The van der Waals surface area contributed by atoms with E-state index in [1.807, 2.05) is 30.3 Å². The molecule has 2 aromatic rings. The summed E-state index contributed by atoms with van der Waals surface area (Å²) in [5.41, 5.74) is 1.64. The molecule has 17 heavy (non-hydrogen) atoms. The topological polar surface area (TPSA) is 51.2 Å². The predicted octanol–water partition coefficient (Wildman–Crippen LogP) is 2.23. The van der Waals surface area contributed by atoms with Crippen LogP contribution in [0.5, 0.6) is 5.75 Å². The van der Waals surface area contributed by atoms with Crippen molar-refractivity contribution in [3.8, 4) is 5.75 Å². The normalized spacial score (nSPS) is 9.65. The Bertz CT molecular complexity index is 486. The van der Waals surface area contributed by atoms with Gasteiger partial charge in [0.2, 0.25) is 6.41 Å². The number of carbonyl (C=O) groups is 1. The second kappa shape index (κ2) is 5.65. The van der Waals surface area contributed by atoms with Crippen LogP contribution in [0.3, 0.4) is 0 Å². The van der Waals surface area contributed by atoms with Gasteiger partial charge in [-0.3, -0.25) is 9.78 Å². The molecule has 4 heteroatoms. The highest BCUT2D eigenvalue weighted by molar-refractivity contribution is 5.75. The summed E-state index contributed by atoms with van der Waals surface area (Å²) in [5.74, 6) is 0.642. The summed E-state index contributed by atoms with van der Waals surface area (Å²) < 4.78 is 5.61. The summed E-state index contributed by atoms with van der Waals surface area (Å²) in [6.45, 7) is 0.422. The molecule has 2 rings (SSSR count). The smallest absolute Gasteiger partial charge is 0.211 e. The number of amides is 1. The summed E-state index contributed by atoms with van der Waals surface area (Å²) in [7, 11) is 0. The molecule has 0 fully saturated rings. The monoisotopic (exact) mass is 228 g/mol. The SMILES string of the molecule is O=CNc1ccccc1OCc1cccnc1. The number of carbonyl (C=O) groups excluding carboxylic acids is 1. The first-order valence-electron chi connectivity index (χ1n) is 5.21. The number of rotatable bonds is 5. The van der Waals surface area contributed by atoms with Gasteiger partial charge in [-0.05, 0) is 18.2 Å². The van der Waals surface area contributed by atoms with Gasteiger partial charge >= 0.3 is 0 Å². The van der Waals surface area contributed by atoms with Crippen LogP contribution in [0.1, 0.15) is 5.56 Å². The van der Waals surface area contributed by atoms with Crippen molar-refractivity contribution in [2.45, 2.75) is 6.61 Å². The number of para-hydroxylation sites is 2. The lowest BCUT2D eigenvalue weighted by atomic mass is 10.3. The molecular weight excluding hydrogens is 216 g/mol. The number of ether oxygens (including phenoxy) is 1. The van der Waals surface area contributed by atoms with Gasteiger partial charge in [-0.15, -0.1) is 0 Å². The van der Waals surface area contributed by atoms with E-state index in [4.69, 9.17) is 4.74 Å². The van der Waals surface area contributed by atoms with Crippen molar-refractivity contribution >= 4 is 12.1 Å². The second-order valence-electron chi connectivity index (χ2n) is 3.41. The van der Waals surface area contributed by atoms with E-state index >= 15 is 0 Å². The van der Waals surface area contributed by atoms with Crippen molar-refractivity contribution < 1.29 is 9.53 Å². The first-order chi connectivity index (χ1) is 8.40. The lowest BCUT2D eigenvalue weighted by Crippen LogP contribution is -2.00. The Kier molecular flexibility index (Phi) is 3.70. The average molecular weight is 228 g/mol. The van der Waals surface area contributed by atoms with Gasteiger partial charge in [-0.25, -0.2) is 0 Å². The Morgan fingerprint density at radius 2 is 2.12 bits per heavy atom. The molecule has 0 aliphatic carbocycles. The second-order valence-corrected chi connectivity index (χ2v) is 3.41. The van der Waals surface area contributed by atoms with E-state index in [-0.39, 0.29) is 0 Å². The summed E-state index contributed by atoms with van der Waals surface area (Å²) in [6.07, 6.45) is 4.09. The van der Waals surface area contributed by atoms with Crippen LogP contribution in [0, 0.1) is 0 Å². The molecule has 0 aliphatic heterocycles. The van der Waals surface area contributed by atoms with Crippen molar-refractivity contribution in [1.29, 1.82) is 0 Å². The van der Waals surface area contributed by atoms with Gasteiger partial charge in [-0.1, -0.05) is 18.2 Å². The first-order valence-corrected chi connectivity index (χ1v) is 5.21. The van der Waals surface area contributed by atoms with Crippen LogP contribution in [0.4, 0.5) is 5.69 Å². The first kappa shape index (κ1) is 11.1. The number of pyridine rings is 1. The fourth-order valence-corrected chi connectivity index (χ4v) is 1.42. The zero-order chi connectivity index (χ0) is 11.9. The van der Waals surface area contributed by atoms with E-state index in [1.54, 1.807) is 18.5 Å². The average Bonchev–Trinajstić information content (AvgIpc) is 2.39. The van der Waals surface area contributed by atoms with Crippen LogP contribution in [0.15, 0.2) is 48.8 Å². The standard InChI is InChI=1S/C13H12N2O2/c16-10-15-12-5-1-2-6-13(12)17-9-11-4-3-7-14-8-11/h1-8,10H,9H2,(H,15,16). The summed E-state index contributed by atoms with van der Waals surface area (Å²) >= 11 is 0. The molecule has 0 spiro atoms. The maximum Gasteiger partial charge on any atom is 0.211 e. The van der Waals surface area contributed by atoms with Crippen molar-refractivity contribution in [2.75, 3.05) is 5.32 Å². The largest absolute Gasteiger partial charge is 0.487 e. The van der Waals surface area contributed by atoms with Gasteiger partial charge in [0.05, 0.1) is 5.69 Å². The van der Waals surface area contributed by atoms with Crippen LogP contribution in [0.25, 0.3) is 0 Å². The third-order valence-electron chi connectivity index (χ3n) is 2.22. The van der Waals surface area contributed by atoms with Gasteiger partial charge in [0, 0.05) is 18.0 Å². The number of hydrogen-bond acceptors (Lipinski definition) is 3. The number of nitrogens with zero attached hydrogens (tertiary/aromatic N) is 1. The van der Waals surface area contributed by atoms with Crippen molar-refractivity contribution in [2.24, 2.45) is 0 Å². The number of hydrogen-bond donors (Lipinski definition) is 1. The maximum atomic E-state index is 10.4. The Morgan fingerprint density at radius 1 is 1.24 bits per heavy atom. The van der Waals surface area contributed by atoms with E-state index in [1.165, 1.54) is 0 Å². The highest BCUT2D eigenvalue weighted by Gasteiger charge is 2.01. The van der Waals surface area contributed by atoms with Crippen LogP contribution in [0.2, 0.25) is 0 Å². The van der Waals surface area contributed by atoms with Crippen molar-refractivity contribution in [3.63, 3.8) is 0 Å². The molecule has 4 nitrogen and oxygen atoms in total. The molecule has 0 unspecified atom stereocenters. The quantitative estimate of drug-likeness (QED) is 0.798. The molecule has 1 heterocycles. The number of nitrogens with one attached hydrogen (secondary N) is 1. The molecule has 0 saturated heterocycles. The van der Waals surface area contributed by atoms with Crippen LogP contribution in [-0.4, -0.2) is 11.4 Å². The zero-order valence-corrected chi connectivity index (χ0v) is 9.17. The van der Waals surface area contributed by atoms with Gasteiger partial charge in [-0.2, -0.15) is 0 Å². The van der Waals surface area contributed by atoms with Crippen molar-refractivity contribution in [1.82, 2.24) is 4.98 Å². The van der Waals surface area contributed by atoms with Gasteiger partial charge < -0.3 is 10.1 Å². The molecule has 1 aromatic carbocycles. The molecule has 0 radical (unpaired) electrons. The Balaban J connectivity index is 2.06. The molecule has 0 saturated carbocycles. The summed E-state index contributed by atoms with van der Waals surface area (Å²) in [4.78, 5) is 14.4. The number of benzene rings is 1. The molecule has 0 atom stereocenters. The van der Waals surface area contributed by atoms with E-state index in [9.17, 15) is 4.79 Å². The number of aromatic nitrogens is 1. The van der Waals surface area contributed by atoms with E-state index < -0.39 is 0 Å². The Labute approximate surface area is 99.3 Å². The lowest BCUT2D eigenvalue weighted by molar-refractivity contribution is -0.105. The molecular formula is C13H12N2O2. The number of anilines is 1. The third kappa shape index (κ3) is 3.04. The lowest BCUT2D eigenvalue weighted by Gasteiger charge is -2.09. The van der Waals surface area contributed by atoms with Crippen LogP contribution >= 0.6 is 0 Å². The highest BCUT2D eigenvalue weighted by Crippen LogP contribution is 2.23. The molecule has 0 aliphatic rings. The predicted molar refractivity (Wildman–Crippen MR) is 64.7 cm³/mol. The Hall–Kier alpha value is -2.36. The van der Waals surface area contributed by atoms with Gasteiger partial charge in [0.1, 0.15) is 12.4 Å². The van der Waals surface area contributed by atoms with Crippen molar-refractivity contribution in [3.05, 3.63) is 54.4 Å². The fraction of sp³-hybridized carbons (Fsp3) is 0.0769. The Morgan fingerprint density at radius 3 is 2.88 bits per heavy atom. The van der Waals surface area contributed by atoms with E-state index in [0.29, 0.717) is 24.5 Å². The molecule has 0 bridgehead atoms. The van der Waals surface area contributed by atoms with E-state index in [2.05, 4.69) is 10.3 Å². The minimum atomic E-state index is 0.422. The minimum Gasteiger partial charge on any atom is -0.487 e. The van der Waals surface area contributed by atoms with Gasteiger partial charge in [0.25, 0.3) is 0 Å². The zero-order valence-electron chi connectivity index (χ0n) is 9.17. The minimum absolute atomic E-state index is 0.422. The molecule has 1 N–H and O–H groups in total. The third-order valence-corrected chi connectivity index (χ3v) is 2.22. The molecule has 1 amide bonds. The summed E-state index contributed by atoms with van der Waals surface area (Å²) in [6, 6.07) is 11.1. The maximum absolute atomic E-state index is 10.4. The van der Waals surface area contributed by atoms with Crippen LogP contribution in [-0.2, 0) is 11.4 Å². The fourth-order valence-electron chi connectivity index (χ4n) is 1.42. The molecule has 86 valence electrons. The highest BCUT2D eigenvalue weighted by atomic mass is 16.5. The summed E-state index contributed by atoms with van der Waals surface area (Å²) in [5, 5.41) is 2.59. The van der Waals surface area contributed by atoms with E-state index in [0.717, 1.165) is 5.56 Å².